The Morgan fingerprint density at radius 2 is 1.77 bits per heavy atom. The molecule has 1 N–H and O–H groups in total. The van der Waals surface area contributed by atoms with Gasteiger partial charge in [0.15, 0.2) is 0 Å². The molecule has 0 radical (unpaired) electrons. The van der Waals surface area contributed by atoms with E-state index in [1.807, 2.05) is 19.1 Å². The van der Waals surface area contributed by atoms with Crippen molar-refractivity contribution >= 4 is 17.3 Å². The number of nitrogens with one attached hydrogen (secondary N) is 1. The van der Waals surface area contributed by atoms with Gasteiger partial charge in [0, 0.05) is 37.6 Å². The quantitative estimate of drug-likeness (QED) is 0.892. The van der Waals surface area contributed by atoms with Gasteiger partial charge in [0.2, 0.25) is 5.91 Å². The highest BCUT2D eigenvalue weighted by Gasteiger charge is 2.25. The zero-order valence-corrected chi connectivity index (χ0v) is 16.0. The minimum atomic E-state index is -0.125. The molecule has 1 fully saturated rings. The molecule has 1 aliphatic heterocycles. The fraction of sp³-hybridized carbons (Fsp3) is 0.409. The summed E-state index contributed by atoms with van der Waals surface area (Å²) in [7, 11) is 0. The van der Waals surface area contributed by atoms with Gasteiger partial charge in [-0.15, -0.1) is 0 Å². The van der Waals surface area contributed by atoms with Gasteiger partial charge in [-0.1, -0.05) is 31.2 Å². The average Bonchev–Trinajstić information content (AvgIpc) is 2.68. The largest absolute Gasteiger partial charge is 0.369 e. The maximum absolute atomic E-state index is 12.6. The molecule has 138 valence electrons. The second kappa shape index (κ2) is 8.37. The number of benzene rings is 2. The van der Waals surface area contributed by atoms with Crippen LogP contribution in [-0.2, 0) is 11.2 Å². The van der Waals surface area contributed by atoms with Crippen LogP contribution < -0.4 is 10.2 Å². The summed E-state index contributed by atoms with van der Waals surface area (Å²) in [6.07, 6.45) is 1.01. The lowest BCUT2D eigenvalue weighted by atomic mass is 10.1. The number of hydrogen-bond acceptors (Lipinski definition) is 3. The number of rotatable bonds is 5. The van der Waals surface area contributed by atoms with Crippen molar-refractivity contribution in [2.24, 2.45) is 0 Å². The van der Waals surface area contributed by atoms with Gasteiger partial charge in [-0.2, -0.15) is 0 Å². The summed E-state index contributed by atoms with van der Waals surface area (Å²) >= 11 is 0. The minimum absolute atomic E-state index is 0.0678. The number of aryl methyl sites for hydroxylation is 2. The van der Waals surface area contributed by atoms with Crippen molar-refractivity contribution in [3.8, 4) is 0 Å². The Balaban J connectivity index is 1.53. The standard InChI is InChI=1S/C22H29N3O/c1-4-19-8-10-20(11-9-19)23-22(26)18(3)24-12-14-25(15-13-24)21-7-5-6-17(2)16-21/h5-11,16,18H,4,12-15H2,1-3H3,(H,23,26)/t18-/m1/s1. The third-order valence-electron chi connectivity index (χ3n) is 5.24. The summed E-state index contributed by atoms with van der Waals surface area (Å²) in [6.45, 7) is 9.95. The summed E-state index contributed by atoms with van der Waals surface area (Å²) in [5.74, 6) is 0.0678. The van der Waals surface area contributed by atoms with Crippen LogP contribution in [0.1, 0.15) is 25.0 Å². The molecule has 3 rings (SSSR count). The van der Waals surface area contributed by atoms with E-state index in [9.17, 15) is 4.79 Å². The van der Waals surface area contributed by atoms with Crippen molar-refractivity contribution in [3.63, 3.8) is 0 Å². The molecular formula is C22H29N3O. The Morgan fingerprint density at radius 1 is 1.08 bits per heavy atom. The van der Waals surface area contributed by atoms with Gasteiger partial charge in [0.1, 0.15) is 0 Å². The molecular weight excluding hydrogens is 322 g/mol. The Hall–Kier alpha value is -2.33. The molecule has 0 unspecified atom stereocenters. The van der Waals surface area contributed by atoms with E-state index in [1.165, 1.54) is 16.8 Å². The number of amides is 1. The van der Waals surface area contributed by atoms with Crippen molar-refractivity contribution in [2.45, 2.75) is 33.2 Å². The molecule has 4 heteroatoms. The van der Waals surface area contributed by atoms with Crippen LogP contribution in [0, 0.1) is 6.92 Å². The van der Waals surface area contributed by atoms with Crippen LogP contribution >= 0.6 is 0 Å². The van der Waals surface area contributed by atoms with Crippen molar-refractivity contribution < 1.29 is 4.79 Å². The highest BCUT2D eigenvalue weighted by molar-refractivity contribution is 5.94. The summed E-state index contributed by atoms with van der Waals surface area (Å²) in [6, 6.07) is 16.6. The first-order chi connectivity index (χ1) is 12.6. The van der Waals surface area contributed by atoms with Crippen LogP contribution in [-0.4, -0.2) is 43.0 Å². The monoisotopic (exact) mass is 351 g/mol. The first-order valence-electron chi connectivity index (χ1n) is 9.52. The van der Waals surface area contributed by atoms with Crippen molar-refractivity contribution in [1.29, 1.82) is 0 Å². The number of carbonyl (C=O) groups is 1. The van der Waals surface area contributed by atoms with E-state index in [0.717, 1.165) is 38.3 Å². The fourth-order valence-electron chi connectivity index (χ4n) is 3.43. The summed E-state index contributed by atoms with van der Waals surface area (Å²) in [5.41, 5.74) is 4.71. The number of hydrogen-bond donors (Lipinski definition) is 1. The first-order valence-corrected chi connectivity index (χ1v) is 9.52. The smallest absolute Gasteiger partial charge is 0.241 e. The first kappa shape index (κ1) is 18.5. The van der Waals surface area contributed by atoms with Gasteiger partial charge in [0.25, 0.3) is 0 Å². The molecule has 0 spiro atoms. The number of piperazine rings is 1. The minimum Gasteiger partial charge on any atom is -0.369 e. The van der Waals surface area contributed by atoms with E-state index in [-0.39, 0.29) is 11.9 Å². The van der Waals surface area contributed by atoms with Gasteiger partial charge in [0.05, 0.1) is 6.04 Å². The molecule has 1 heterocycles. The molecule has 1 amide bonds. The van der Waals surface area contributed by atoms with Gasteiger partial charge < -0.3 is 10.2 Å². The lowest BCUT2D eigenvalue weighted by Gasteiger charge is -2.38. The normalized spacial score (nSPS) is 16.3. The van der Waals surface area contributed by atoms with Crippen LogP contribution in [0.5, 0.6) is 0 Å². The topological polar surface area (TPSA) is 35.6 Å². The number of carbonyl (C=O) groups excluding carboxylic acids is 1. The van der Waals surface area contributed by atoms with Crippen LogP contribution in [0.25, 0.3) is 0 Å². The Morgan fingerprint density at radius 3 is 2.38 bits per heavy atom. The van der Waals surface area contributed by atoms with Gasteiger partial charge >= 0.3 is 0 Å². The lowest BCUT2D eigenvalue weighted by Crippen LogP contribution is -2.52. The fourth-order valence-corrected chi connectivity index (χ4v) is 3.43. The molecule has 2 aromatic rings. The Bertz CT molecular complexity index is 733. The van der Waals surface area contributed by atoms with Gasteiger partial charge in [-0.05, 0) is 55.7 Å². The molecule has 4 nitrogen and oxygen atoms in total. The van der Waals surface area contributed by atoms with E-state index in [4.69, 9.17) is 0 Å². The van der Waals surface area contributed by atoms with Crippen LogP contribution in [0.3, 0.4) is 0 Å². The second-order valence-corrected chi connectivity index (χ2v) is 7.08. The predicted octanol–water partition coefficient (Wildman–Crippen LogP) is 3.71. The third kappa shape index (κ3) is 4.44. The molecule has 1 atom stereocenters. The lowest BCUT2D eigenvalue weighted by molar-refractivity contribution is -0.120. The summed E-state index contributed by atoms with van der Waals surface area (Å²) in [4.78, 5) is 17.3. The van der Waals surface area contributed by atoms with Gasteiger partial charge in [-0.25, -0.2) is 0 Å². The maximum Gasteiger partial charge on any atom is 0.241 e. The highest BCUT2D eigenvalue weighted by Crippen LogP contribution is 2.19. The van der Waals surface area contributed by atoms with E-state index in [1.54, 1.807) is 0 Å². The average molecular weight is 351 g/mol. The SMILES string of the molecule is CCc1ccc(NC(=O)[C@@H](C)N2CCN(c3cccc(C)c3)CC2)cc1. The van der Waals surface area contributed by atoms with Crippen molar-refractivity contribution in [1.82, 2.24) is 4.90 Å². The molecule has 26 heavy (non-hydrogen) atoms. The molecule has 1 aliphatic rings. The van der Waals surface area contributed by atoms with E-state index in [2.05, 4.69) is 65.4 Å². The molecule has 0 bridgehead atoms. The van der Waals surface area contributed by atoms with Crippen molar-refractivity contribution in [3.05, 3.63) is 59.7 Å². The molecule has 0 aromatic heterocycles. The predicted molar refractivity (Wildman–Crippen MR) is 109 cm³/mol. The van der Waals surface area contributed by atoms with E-state index < -0.39 is 0 Å². The highest BCUT2D eigenvalue weighted by atomic mass is 16.2. The zero-order valence-electron chi connectivity index (χ0n) is 16.0. The van der Waals surface area contributed by atoms with Crippen LogP contribution in [0.15, 0.2) is 48.5 Å². The molecule has 0 saturated carbocycles. The zero-order chi connectivity index (χ0) is 18.5. The third-order valence-corrected chi connectivity index (χ3v) is 5.24. The van der Waals surface area contributed by atoms with E-state index in [0.29, 0.717) is 0 Å². The summed E-state index contributed by atoms with van der Waals surface area (Å²) in [5, 5.41) is 3.05. The Labute approximate surface area is 156 Å². The Kier molecular flexibility index (Phi) is 5.94. The van der Waals surface area contributed by atoms with Gasteiger partial charge in [-0.3, -0.25) is 9.69 Å². The van der Waals surface area contributed by atoms with Crippen LogP contribution in [0.2, 0.25) is 0 Å². The number of anilines is 2. The van der Waals surface area contributed by atoms with Crippen LogP contribution in [0.4, 0.5) is 11.4 Å². The summed E-state index contributed by atoms with van der Waals surface area (Å²) < 4.78 is 0. The number of nitrogens with zero attached hydrogens (tertiary/aromatic N) is 2. The van der Waals surface area contributed by atoms with Crippen molar-refractivity contribution in [2.75, 3.05) is 36.4 Å². The second-order valence-electron chi connectivity index (χ2n) is 7.08. The molecule has 1 saturated heterocycles. The maximum atomic E-state index is 12.6. The van der Waals surface area contributed by atoms with E-state index >= 15 is 0 Å². The molecule has 2 aromatic carbocycles. The molecule has 0 aliphatic carbocycles.